The van der Waals surface area contributed by atoms with E-state index in [1.165, 1.54) is 16.2 Å². The molecule has 2 aromatic carbocycles. The Labute approximate surface area is 171 Å². The van der Waals surface area contributed by atoms with Crippen molar-refractivity contribution in [3.63, 3.8) is 0 Å². The molecule has 0 saturated heterocycles. The molecule has 29 heavy (non-hydrogen) atoms. The molecule has 0 atom stereocenters. The lowest BCUT2D eigenvalue weighted by atomic mass is 10.1. The number of amides is 3. The Morgan fingerprint density at radius 2 is 1.69 bits per heavy atom. The zero-order valence-electron chi connectivity index (χ0n) is 15.9. The lowest BCUT2D eigenvalue weighted by molar-refractivity contribution is 0.0655. The minimum atomic E-state index is -0.293. The molecule has 3 aromatic rings. The smallest absolute Gasteiger partial charge is 0.261 e. The van der Waals surface area contributed by atoms with Gasteiger partial charge in [-0.05, 0) is 49.2 Å². The summed E-state index contributed by atoms with van der Waals surface area (Å²) in [6, 6.07) is 12.3. The van der Waals surface area contributed by atoms with E-state index in [4.69, 9.17) is 0 Å². The van der Waals surface area contributed by atoms with Gasteiger partial charge in [0, 0.05) is 18.5 Å². The van der Waals surface area contributed by atoms with Gasteiger partial charge in [-0.25, -0.2) is 0 Å². The highest BCUT2D eigenvalue weighted by Gasteiger charge is 2.34. The number of nitrogens with zero attached hydrogens (tertiary/aromatic N) is 3. The molecule has 1 N–H and O–H groups in total. The van der Waals surface area contributed by atoms with Crippen molar-refractivity contribution in [1.29, 1.82) is 0 Å². The summed E-state index contributed by atoms with van der Waals surface area (Å²) in [6.07, 6.45) is 0.378. The molecule has 4 rings (SSSR count). The molecular formula is C21H18N4O3S. The molecule has 0 bridgehead atoms. The second kappa shape index (κ2) is 7.56. The molecule has 146 valence electrons. The van der Waals surface area contributed by atoms with Gasteiger partial charge in [0.05, 0.1) is 11.1 Å². The van der Waals surface area contributed by atoms with Crippen LogP contribution in [-0.4, -0.2) is 39.4 Å². The van der Waals surface area contributed by atoms with E-state index in [9.17, 15) is 14.4 Å². The standard InChI is InChI=1S/C21H18N4O3S/c1-12-7-8-14(11-13(12)2)18(26)22-21-24-23-17(29-21)9-10-25-19(27)15-5-3-4-6-16(15)20(25)28/h3-8,11H,9-10H2,1-2H3,(H,22,24,26). The predicted octanol–water partition coefficient (Wildman–Crippen LogP) is 3.25. The van der Waals surface area contributed by atoms with Gasteiger partial charge >= 0.3 is 0 Å². The maximum absolute atomic E-state index is 12.4. The quantitative estimate of drug-likeness (QED) is 0.657. The van der Waals surface area contributed by atoms with Crippen molar-refractivity contribution in [3.8, 4) is 0 Å². The topological polar surface area (TPSA) is 92.3 Å². The van der Waals surface area contributed by atoms with Crippen LogP contribution in [0.15, 0.2) is 42.5 Å². The van der Waals surface area contributed by atoms with Crippen LogP contribution >= 0.6 is 11.3 Å². The van der Waals surface area contributed by atoms with Gasteiger partial charge in [-0.3, -0.25) is 24.6 Å². The van der Waals surface area contributed by atoms with E-state index >= 15 is 0 Å². The summed E-state index contributed by atoms with van der Waals surface area (Å²) in [7, 11) is 0. The molecular weight excluding hydrogens is 388 g/mol. The number of carbonyl (C=O) groups is 3. The van der Waals surface area contributed by atoms with E-state index in [1.54, 1.807) is 30.3 Å². The lowest BCUT2D eigenvalue weighted by Crippen LogP contribution is -2.31. The van der Waals surface area contributed by atoms with Crippen LogP contribution in [0.4, 0.5) is 5.13 Å². The van der Waals surface area contributed by atoms with Crippen molar-refractivity contribution in [1.82, 2.24) is 15.1 Å². The van der Waals surface area contributed by atoms with Gasteiger partial charge < -0.3 is 0 Å². The summed E-state index contributed by atoms with van der Waals surface area (Å²) >= 11 is 1.23. The van der Waals surface area contributed by atoms with Crippen LogP contribution in [0.5, 0.6) is 0 Å². The number of fused-ring (bicyclic) bond motifs is 1. The molecule has 0 fully saturated rings. The SMILES string of the molecule is Cc1ccc(C(=O)Nc2nnc(CCN3C(=O)c4ccccc4C3=O)s2)cc1C. The fourth-order valence-electron chi connectivity index (χ4n) is 3.11. The number of aromatic nitrogens is 2. The molecule has 0 aliphatic carbocycles. The maximum atomic E-state index is 12.4. The minimum absolute atomic E-state index is 0.214. The number of imide groups is 1. The van der Waals surface area contributed by atoms with Gasteiger partial charge in [-0.1, -0.05) is 29.5 Å². The van der Waals surface area contributed by atoms with Crippen molar-refractivity contribution in [2.24, 2.45) is 0 Å². The van der Waals surface area contributed by atoms with Crippen molar-refractivity contribution in [2.75, 3.05) is 11.9 Å². The van der Waals surface area contributed by atoms with Gasteiger partial charge in [0.1, 0.15) is 5.01 Å². The summed E-state index contributed by atoms with van der Waals surface area (Å²) in [6.45, 7) is 4.16. The predicted molar refractivity (Wildman–Crippen MR) is 109 cm³/mol. The Bertz CT molecular complexity index is 1100. The second-order valence-corrected chi connectivity index (χ2v) is 7.87. The van der Waals surface area contributed by atoms with Crippen molar-refractivity contribution >= 4 is 34.2 Å². The Kier molecular flexibility index (Phi) is 4.94. The van der Waals surface area contributed by atoms with Crippen LogP contribution in [0.2, 0.25) is 0 Å². The fourth-order valence-corrected chi connectivity index (χ4v) is 3.83. The Morgan fingerprint density at radius 1 is 1.00 bits per heavy atom. The van der Waals surface area contributed by atoms with E-state index in [-0.39, 0.29) is 24.3 Å². The molecule has 7 nitrogen and oxygen atoms in total. The average Bonchev–Trinajstić information content (AvgIpc) is 3.25. The largest absolute Gasteiger partial charge is 0.296 e. The van der Waals surface area contributed by atoms with Crippen LogP contribution in [-0.2, 0) is 6.42 Å². The van der Waals surface area contributed by atoms with Crippen LogP contribution in [0, 0.1) is 13.8 Å². The first kappa shape index (κ1) is 18.9. The second-order valence-electron chi connectivity index (χ2n) is 6.81. The first-order chi connectivity index (χ1) is 13.9. The number of carbonyl (C=O) groups excluding carboxylic acids is 3. The first-order valence-corrected chi connectivity index (χ1v) is 9.92. The van der Waals surface area contributed by atoms with Crippen LogP contribution in [0.1, 0.15) is 47.2 Å². The number of benzene rings is 2. The number of aryl methyl sites for hydroxylation is 2. The summed E-state index contributed by atoms with van der Waals surface area (Å²) < 4.78 is 0. The minimum Gasteiger partial charge on any atom is -0.296 e. The monoisotopic (exact) mass is 406 g/mol. The number of hydrogen-bond acceptors (Lipinski definition) is 6. The molecule has 0 spiro atoms. The molecule has 8 heteroatoms. The zero-order valence-corrected chi connectivity index (χ0v) is 16.7. The Hall–Kier alpha value is -3.39. The number of hydrogen-bond donors (Lipinski definition) is 1. The molecule has 2 heterocycles. The summed E-state index contributed by atoms with van der Waals surface area (Å²) in [5.41, 5.74) is 3.56. The highest BCUT2D eigenvalue weighted by molar-refractivity contribution is 7.15. The van der Waals surface area contributed by atoms with Gasteiger partial charge in [0.25, 0.3) is 17.7 Å². The molecule has 0 unspecified atom stereocenters. The molecule has 1 aliphatic rings. The lowest BCUT2D eigenvalue weighted by Gasteiger charge is -2.12. The maximum Gasteiger partial charge on any atom is 0.261 e. The summed E-state index contributed by atoms with van der Waals surface area (Å²) in [5.74, 6) is -0.840. The van der Waals surface area contributed by atoms with Crippen molar-refractivity contribution < 1.29 is 14.4 Å². The van der Waals surface area contributed by atoms with Gasteiger partial charge in [-0.15, -0.1) is 10.2 Å². The van der Waals surface area contributed by atoms with E-state index in [0.717, 1.165) is 11.1 Å². The average molecular weight is 406 g/mol. The highest BCUT2D eigenvalue weighted by atomic mass is 32.1. The Morgan fingerprint density at radius 3 is 2.34 bits per heavy atom. The summed E-state index contributed by atoms with van der Waals surface area (Å²) in [4.78, 5) is 38.4. The zero-order chi connectivity index (χ0) is 20.5. The van der Waals surface area contributed by atoms with Gasteiger partial charge in [-0.2, -0.15) is 0 Å². The first-order valence-electron chi connectivity index (χ1n) is 9.10. The third kappa shape index (κ3) is 3.66. The fraction of sp³-hybridized carbons (Fsp3) is 0.190. The Balaban J connectivity index is 1.39. The highest BCUT2D eigenvalue weighted by Crippen LogP contribution is 2.24. The van der Waals surface area contributed by atoms with Gasteiger partial charge in [0.15, 0.2) is 0 Å². The van der Waals surface area contributed by atoms with Crippen molar-refractivity contribution in [3.05, 3.63) is 75.3 Å². The van der Waals surface area contributed by atoms with Crippen LogP contribution in [0.3, 0.4) is 0 Å². The molecule has 0 radical (unpaired) electrons. The van der Waals surface area contributed by atoms with Crippen LogP contribution in [0.25, 0.3) is 0 Å². The van der Waals surface area contributed by atoms with E-state index in [1.807, 2.05) is 26.0 Å². The molecule has 1 aliphatic heterocycles. The summed E-state index contributed by atoms with van der Waals surface area (Å²) in [5, 5.41) is 11.8. The van der Waals surface area contributed by atoms with Crippen LogP contribution < -0.4 is 5.32 Å². The molecule has 0 saturated carbocycles. The van der Waals surface area contributed by atoms with Crippen molar-refractivity contribution in [2.45, 2.75) is 20.3 Å². The van der Waals surface area contributed by atoms with E-state index < -0.39 is 0 Å². The third-order valence-corrected chi connectivity index (χ3v) is 5.78. The number of rotatable bonds is 5. The number of nitrogens with one attached hydrogen (secondary N) is 1. The third-order valence-electron chi connectivity index (χ3n) is 4.88. The van der Waals surface area contributed by atoms with E-state index in [0.29, 0.717) is 33.3 Å². The number of anilines is 1. The van der Waals surface area contributed by atoms with Gasteiger partial charge in [0.2, 0.25) is 5.13 Å². The molecule has 1 aromatic heterocycles. The van der Waals surface area contributed by atoms with E-state index in [2.05, 4.69) is 15.5 Å². The normalized spacial score (nSPS) is 13.0. The molecule has 3 amide bonds.